The summed E-state index contributed by atoms with van der Waals surface area (Å²) in [5.74, 6) is -5.27. The van der Waals surface area contributed by atoms with Crippen molar-refractivity contribution in [1.82, 2.24) is 0 Å². The molecule has 4 nitrogen and oxygen atoms in total. The van der Waals surface area contributed by atoms with Gasteiger partial charge in [0.2, 0.25) is 0 Å². The monoisotopic (exact) mass is 501 g/mol. The van der Waals surface area contributed by atoms with Crippen molar-refractivity contribution in [2.24, 2.45) is 11.8 Å². The zero-order valence-corrected chi connectivity index (χ0v) is 20.2. The van der Waals surface area contributed by atoms with Crippen LogP contribution in [0.1, 0.15) is 34.1 Å². The largest absolute Gasteiger partial charge is 0.550 e. The molecule has 0 amide bonds. The van der Waals surface area contributed by atoms with Gasteiger partial charge in [0.15, 0.2) is 0 Å². The molecular weight excluding hydrogens is 476 g/mol. The summed E-state index contributed by atoms with van der Waals surface area (Å²) in [6, 6.07) is 39.1. The molecule has 0 heterocycles. The second-order valence-electron chi connectivity index (χ2n) is 8.23. The molecule has 0 aromatic heterocycles. The van der Waals surface area contributed by atoms with Crippen molar-refractivity contribution in [2.75, 3.05) is 0 Å². The van der Waals surface area contributed by atoms with Gasteiger partial charge in [-0.05, 0) is 22.3 Å². The van der Waals surface area contributed by atoms with Gasteiger partial charge in [0.1, 0.15) is 0 Å². The number of benzene rings is 4. The minimum Gasteiger partial charge on any atom is -0.550 e. The van der Waals surface area contributed by atoms with E-state index in [1.54, 1.807) is 0 Å². The summed E-state index contributed by atoms with van der Waals surface area (Å²) < 4.78 is 0. The van der Waals surface area contributed by atoms with Gasteiger partial charge in [0.05, 0.1) is 5.92 Å². The molecule has 7 rings (SSSR count). The molecule has 0 aliphatic heterocycles. The Morgan fingerprint density at radius 1 is 0.514 bits per heavy atom. The molecule has 2 atom stereocenters. The van der Waals surface area contributed by atoms with Gasteiger partial charge in [-0.1, -0.05) is 121 Å². The molecule has 2 bridgehead atoms. The number of carboxylic acids is 2. The third kappa shape index (κ3) is 5.54. The van der Waals surface area contributed by atoms with Crippen LogP contribution in [0.5, 0.6) is 0 Å². The van der Waals surface area contributed by atoms with E-state index < -0.39 is 35.6 Å². The fraction of sp³-hybridized carbons (Fsp3) is 0.133. The minimum absolute atomic E-state index is 0. The minimum atomic E-state index is -1.29. The quantitative estimate of drug-likeness (QED) is 0.432. The van der Waals surface area contributed by atoms with E-state index in [9.17, 15) is 19.8 Å². The molecule has 0 radical (unpaired) electrons. The molecule has 0 saturated heterocycles. The molecule has 3 aliphatic carbocycles. The van der Waals surface area contributed by atoms with Crippen LogP contribution >= 0.6 is 0 Å². The van der Waals surface area contributed by atoms with Crippen molar-refractivity contribution in [3.8, 4) is 0 Å². The molecule has 35 heavy (non-hydrogen) atoms. The van der Waals surface area contributed by atoms with Crippen LogP contribution in [0.2, 0.25) is 0 Å². The number of rotatable bonds is 2. The molecule has 0 unspecified atom stereocenters. The molecule has 176 valence electrons. The maximum absolute atomic E-state index is 11.8. The van der Waals surface area contributed by atoms with Crippen LogP contribution in [0.15, 0.2) is 121 Å². The molecule has 0 saturated carbocycles. The van der Waals surface area contributed by atoms with Gasteiger partial charge in [0, 0.05) is 41.1 Å². The molecule has 1 N–H and O–H groups in total. The summed E-state index contributed by atoms with van der Waals surface area (Å²) in [6.45, 7) is 0. The average Bonchev–Trinajstić information content (AvgIpc) is 2.91. The van der Waals surface area contributed by atoms with Crippen LogP contribution in [0.3, 0.4) is 0 Å². The Hall–Kier alpha value is -3.65. The summed E-state index contributed by atoms with van der Waals surface area (Å²) in [5, 5.41) is 21.3. The first-order valence-corrected chi connectivity index (χ1v) is 11.2. The SMILES string of the molecule is O=C([O-])[C@H]1C2c3ccccc3C(c3ccccc32)[C@@H]1C(=O)O.[Cr].c1ccccc1.c1ccccc1. The van der Waals surface area contributed by atoms with Crippen LogP contribution in [0.25, 0.3) is 0 Å². The van der Waals surface area contributed by atoms with Crippen LogP contribution in [0, 0.1) is 11.8 Å². The fourth-order valence-corrected chi connectivity index (χ4v) is 5.03. The van der Waals surface area contributed by atoms with Crippen molar-refractivity contribution in [3.05, 3.63) is 144 Å². The van der Waals surface area contributed by atoms with Crippen molar-refractivity contribution < 1.29 is 37.2 Å². The van der Waals surface area contributed by atoms with E-state index in [0.29, 0.717) is 0 Å². The summed E-state index contributed by atoms with van der Waals surface area (Å²) in [4.78, 5) is 23.5. The molecule has 4 aromatic carbocycles. The van der Waals surface area contributed by atoms with E-state index in [2.05, 4.69) is 0 Å². The van der Waals surface area contributed by atoms with Crippen LogP contribution in [-0.2, 0) is 27.0 Å². The maximum atomic E-state index is 11.8. The zero-order chi connectivity index (χ0) is 23.9. The van der Waals surface area contributed by atoms with E-state index in [-0.39, 0.29) is 17.4 Å². The van der Waals surface area contributed by atoms with Gasteiger partial charge < -0.3 is 15.0 Å². The first kappa shape index (κ1) is 26.0. The third-order valence-electron chi connectivity index (χ3n) is 6.33. The first-order valence-electron chi connectivity index (χ1n) is 11.2. The predicted molar refractivity (Wildman–Crippen MR) is 129 cm³/mol. The summed E-state index contributed by atoms with van der Waals surface area (Å²) >= 11 is 0. The standard InChI is InChI=1S/C18H14O4.2C6H6.Cr/c19-17(20)15-13-9-5-1-2-6-10(9)14(16(15)18(21)22)12-8-4-3-7-11(12)13;2*1-2-4-6-5-3-1;/h1-8,13-16H,(H,19,20)(H,21,22);2*1-6H;/p-1/t13?,14?,15-,16-;;;/m0.../s1. The van der Waals surface area contributed by atoms with E-state index in [1.165, 1.54) is 0 Å². The van der Waals surface area contributed by atoms with Gasteiger partial charge in [-0.2, -0.15) is 0 Å². The van der Waals surface area contributed by atoms with E-state index >= 15 is 0 Å². The van der Waals surface area contributed by atoms with Gasteiger partial charge in [-0.25, -0.2) is 0 Å². The average molecular weight is 502 g/mol. The number of hydrogen-bond donors (Lipinski definition) is 1. The summed E-state index contributed by atoms with van der Waals surface area (Å²) in [6.07, 6.45) is 0. The molecule has 0 fully saturated rings. The number of carboxylic acid groups (broad SMARTS) is 2. The molecule has 4 aromatic rings. The normalized spacial score (nSPS) is 20.2. The maximum Gasteiger partial charge on any atom is 0.308 e. The Bertz CT molecular complexity index is 1050. The van der Waals surface area contributed by atoms with Gasteiger partial charge in [-0.15, -0.1) is 0 Å². The Balaban J connectivity index is 0.000000216. The van der Waals surface area contributed by atoms with Crippen molar-refractivity contribution in [1.29, 1.82) is 0 Å². The van der Waals surface area contributed by atoms with Gasteiger partial charge in [0.25, 0.3) is 0 Å². The first-order chi connectivity index (χ1) is 16.6. The number of aliphatic carboxylic acids is 2. The van der Waals surface area contributed by atoms with Gasteiger partial charge in [-0.3, -0.25) is 4.79 Å². The van der Waals surface area contributed by atoms with Crippen LogP contribution in [0.4, 0.5) is 0 Å². The van der Waals surface area contributed by atoms with E-state index in [4.69, 9.17) is 0 Å². The third-order valence-corrected chi connectivity index (χ3v) is 6.33. The second kappa shape index (κ2) is 12.2. The Morgan fingerprint density at radius 3 is 1.00 bits per heavy atom. The second-order valence-corrected chi connectivity index (χ2v) is 8.23. The number of carbonyl (C=O) groups is 2. The molecule has 5 heteroatoms. The number of fused-ring (bicyclic) bond motifs is 1. The Labute approximate surface area is 216 Å². The Morgan fingerprint density at radius 2 is 0.771 bits per heavy atom. The number of hydrogen-bond acceptors (Lipinski definition) is 3. The van der Waals surface area contributed by atoms with Crippen LogP contribution in [-0.4, -0.2) is 17.0 Å². The van der Waals surface area contributed by atoms with Crippen molar-refractivity contribution in [3.63, 3.8) is 0 Å². The summed E-state index contributed by atoms with van der Waals surface area (Å²) in [5.41, 5.74) is 3.68. The van der Waals surface area contributed by atoms with Crippen molar-refractivity contribution in [2.45, 2.75) is 11.8 Å². The van der Waals surface area contributed by atoms with Crippen molar-refractivity contribution >= 4 is 11.9 Å². The molecular formula is C30H25CrO4-. The molecule has 0 spiro atoms. The van der Waals surface area contributed by atoms with E-state index in [0.717, 1.165) is 22.3 Å². The van der Waals surface area contributed by atoms with Gasteiger partial charge >= 0.3 is 5.97 Å². The number of carbonyl (C=O) groups excluding carboxylic acids is 1. The predicted octanol–water partition coefficient (Wildman–Crippen LogP) is 4.72. The smallest absolute Gasteiger partial charge is 0.308 e. The Kier molecular flexibility index (Phi) is 9.03. The fourth-order valence-electron chi connectivity index (χ4n) is 5.03. The zero-order valence-electron chi connectivity index (χ0n) is 18.9. The molecule has 3 aliphatic rings. The topological polar surface area (TPSA) is 77.4 Å². The van der Waals surface area contributed by atoms with E-state index in [1.807, 2.05) is 121 Å². The summed E-state index contributed by atoms with van der Waals surface area (Å²) in [7, 11) is 0. The van der Waals surface area contributed by atoms with Crippen LogP contribution < -0.4 is 5.11 Å².